The molecule has 2 aromatic rings. The van der Waals surface area contributed by atoms with Gasteiger partial charge in [0, 0.05) is 25.3 Å². The van der Waals surface area contributed by atoms with E-state index in [1.807, 2.05) is 0 Å². The summed E-state index contributed by atoms with van der Waals surface area (Å²) in [5.74, 6) is -1.08. The van der Waals surface area contributed by atoms with E-state index >= 15 is 4.39 Å². The SMILES string of the molecule is CCN(C[C@@H]1CN(c2ccc(N3CCN(c4ccc(F)cc4)C3=O)c(F)c2)C(=O)O1)C(=O)S. The number of benzene rings is 2. The summed E-state index contributed by atoms with van der Waals surface area (Å²) in [5.41, 5.74) is 0.883. The third kappa shape index (κ3) is 4.58. The van der Waals surface area contributed by atoms with Crippen LogP contribution in [-0.2, 0) is 4.74 Å². The Kier molecular flexibility index (Phi) is 6.41. The number of carbonyl (C=O) groups is 3. The molecule has 0 unspecified atom stereocenters. The van der Waals surface area contributed by atoms with E-state index in [0.717, 1.165) is 0 Å². The Morgan fingerprint density at radius 3 is 2.36 bits per heavy atom. The monoisotopic (exact) mass is 476 g/mol. The van der Waals surface area contributed by atoms with Crippen molar-refractivity contribution in [1.29, 1.82) is 0 Å². The van der Waals surface area contributed by atoms with Gasteiger partial charge >= 0.3 is 12.1 Å². The van der Waals surface area contributed by atoms with Crippen molar-refractivity contribution >= 4 is 47.1 Å². The third-order valence-electron chi connectivity index (χ3n) is 5.63. The Balaban J connectivity index is 1.47. The van der Waals surface area contributed by atoms with E-state index in [9.17, 15) is 18.8 Å². The van der Waals surface area contributed by atoms with Crippen LogP contribution >= 0.6 is 12.6 Å². The first-order valence-corrected chi connectivity index (χ1v) is 10.8. The molecule has 0 saturated carbocycles. The van der Waals surface area contributed by atoms with Crippen molar-refractivity contribution < 1.29 is 27.9 Å². The summed E-state index contributed by atoms with van der Waals surface area (Å²) in [6.45, 7) is 3.11. The Bertz CT molecular complexity index is 1080. The van der Waals surface area contributed by atoms with Gasteiger partial charge in [-0.1, -0.05) is 12.6 Å². The van der Waals surface area contributed by atoms with Gasteiger partial charge in [0.05, 0.1) is 24.5 Å². The van der Waals surface area contributed by atoms with Crippen molar-refractivity contribution in [3.8, 4) is 0 Å². The maximum absolute atomic E-state index is 15.0. The molecule has 4 rings (SSSR count). The van der Waals surface area contributed by atoms with E-state index in [4.69, 9.17) is 4.74 Å². The minimum Gasteiger partial charge on any atom is -0.442 e. The minimum absolute atomic E-state index is 0.0790. The summed E-state index contributed by atoms with van der Waals surface area (Å²) >= 11 is 3.80. The molecule has 1 atom stereocenters. The number of halogens is 2. The number of rotatable bonds is 6. The van der Waals surface area contributed by atoms with Crippen LogP contribution in [0.25, 0.3) is 0 Å². The average molecular weight is 477 g/mol. The third-order valence-corrected chi connectivity index (χ3v) is 5.91. The fourth-order valence-corrected chi connectivity index (χ4v) is 4.14. The molecule has 0 radical (unpaired) electrons. The Morgan fingerprint density at radius 2 is 1.73 bits per heavy atom. The molecule has 2 saturated heterocycles. The first kappa shape index (κ1) is 22.8. The molecule has 2 aliphatic rings. The number of hydrogen-bond donors (Lipinski definition) is 1. The molecule has 2 heterocycles. The van der Waals surface area contributed by atoms with Crippen LogP contribution in [0.15, 0.2) is 42.5 Å². The molecule has 33 heavy (non-hydrogen) atoms. The molecule has 0 N–H and O–H groups in total. The number of hydrogen-bond acceptors (Lipinski definition) is 4. The van der Waals surface area contributed by atoms with Crippen molar-refractivity contribution in [1.82, 2.24) is 4.90 Å². The largest absolute Gasteiger partial charge is 0.442 e. The molecular weight excluding hydrogens is 454 g/mol. The predicted octanol–water partition coefficient (Wildman–Crippen LogP) is 4.11. The second kappa shape index (κ2) is 9.26. The lowest BCUT2D eigenvalue weighted by atomic mass is 10.2. The molecule has 2 aliphatic heterocycles. The highest BCUT2D eigenvalue weighted by molar-refractivity contribution is 7.96. The smallest absolute Gasteiger partial charge is 0.414 e. The molecule has 0 bridgehead atoms. The van der Waals surface area contributed by atoms with Crippen LogP contribution in [0.5, 0.6) is 0 Å². The Labute approximate surface area is 194 Å². The molecule has 174 valence electrons. The van der Waals surface area contributed by atoms with Gasteiger partial charge in [0.2, 0.25) is 0 Å². The number of urea groups is 1. The first-order chi connectivity index (χ1) is 15.8. The van der Waals surface area contributed by atoms with Gasteiger partial charge < -0.3 is 9.64 Å². The van der Waals surface area contributed by atoms with E-state index in [0.29, 0.717) is 18.8 Å². The number of thiol groups is 1. The van der Waals surface area contributed by atoms with Crippen LogP contribution in [0.2, 0.25) is 0 Å². The molecule has 2 aromatic carbocycles. The van der Waals surface area contributed by atoms with Gasteiger partial charge in [0.15, 0.2) is 0 Å². The molecule has 8 nitrogen and oxygen atoms in total. The quantitative estimate of drug-likeness (QED) is 0.637. The maximum atomic E-state index is 15.0. The first-order valence-electron chi connectivity index (χ1n) is 10.4. The lowest BCUT2D eigenvalue weighted by molar-refractivity contribution is 0.120. The summed E-state index contributed by atoms with van der Waals surface area (Å²) in [6.07, 6.45) is -1.21. The number of anilines is 3. The van der Waals surface area contributed by atoms with Gasteiger partial charge in [-0.05, 0) is 49.4 Å². The normalized spacial score (nSPS) is 18.2. The zero-order valence-electron chi connectivity index (χ0n) is 17.8. The number of carbonyl (C=O) groups excluding carboxylic acids is 3. The van der Waals surface area contributed by atoms with Crippen molar-refractivity contribution in [2.45, 2.75) is 13.0 Å². The number of amides is 4. The van der Waals surface area contributed by atoms with Crippen molar-refractivity contribution in [3.05, 3.63) is 54.1 Å². The van der Waals surface area contributed by atoms with Gasteiger partial charge in [-0.15, -0.1) is 0 Å². The van der Waals surface area contributed by atoms with Crippen LogP contribution in [0.4, 0.5) is 40.2 Å². The van der Waals surface area contributed by atoms with Crippen molar-refractivity contribution in [2.24, 2.45) is 0 Å². The lowest BCUT2D eigenvalue weighted by Crippen LogP contribution is -2.36. The predicted molar refractivity (Wildman–Crippen MR) is 122 cm³/mol. The minimum atomic E-state index is -0.668. The second-order valence-corrected chi connectivity index (χ2v) is 8.02. The fraction of sp³-hybridized carbons (Fsp3) is 0.318. The number of nitrogens with zero attached hydrogens (tertiary/aromatic N) is 4. The van der Waals surface area contributed by atoms with E-state index in [2.05, 4.69) is 12.6 Å². The summed E-state index contributed by atoms with van der Waals surface area (Å²) in [6, 6.07) is 9.23. The molecule has 0 aliphatic carbocycles. The van der Waals surface area contributed by atoms with Crippen molar-refractivity contribution in [2.75, 3.05) is 47.4 Å². The maximum Gasteiger partial charge on any atom is 0.414 e. The summed E-state index contributed by atoms with van der Waals surface area (Å²) in [5, 5.41) is -0.424. The molecule has 2 fully saturated rings. The van der Waals surface area contributed by atoms with Crippen LogP contribution < -0.4 is 14.7 Å². The molecule has 0 spiro atoms. The lowest BCUT2D eigenvalue weighted by Gasteiger charge is -2.21. The van der Waals surface area contributed by atoms with Crippen LogP contribution in [-0.4, -0.2) is 61.1 Å². The van der Waals surface area contributed by atoms with Crippen LogP contribution in [0, 0.1) is 11.6 Å². The molecule has 0 aromatic heterocycles. The average Bonchev–Trinajstić information content (AvgIpc) is 3.34. The number of likely N-dealkylation sites (N-methyl/N-ethyl adjacent to an activating group) is 1. The number of ether oxygens (including phenoxy) is 1. The van der Waals surface area contributed by atoms with E-state index in [1.165, 1.54) is 62.1 Å². The van der Waals surface area contributed by atoms with E-state index in [-0.39, 0.29) is 31.0 Å². The Morgan fingerprint density at radius 1 is 1.06 bits per heavy atom. The van der Waals surface area contributed by atoms with Gasteiger partial charge in [-0.3, -0.25) is 19.5 Å². The zero-order valence-corrected chi connectivity index (χ0v) is 18.7. The van der Waals surface area contributed by atoms with Crippen molar-refractivity contribution in [3.63, 3.8) is 0 Å². The summed E-state index contributed by atoms with van der Waals surface area (Å²) in [4.78, 5) is 42.1. The van der Waals surface area contributed by atoms with Crippen LogP contribution in [0.3, 0.4) is 0 Å². The zero-order chi connectivity index (χ0) is 23.7. The summed E-state index contributed by atoms with van der Waals surface area (Å²) in [7, 11) is 0. The summed E-state index contributed by atoms with van der Waals surface area (Å²) < 4.78 is 33.5. The van der Waals surface area contributed by atoms with Gasteiger partial charge in [-0.25, -0.2) is 18.4 Å². The fourth-order valence-electron chi connectivity index (χ4n) is 3.92. The highest BCUT2D eigenvalue weighted by Gasteiger charge is 2.36. The highest BCUT2D eigenvalue weighted by Crippen LogP contribution is 2.31. The van der Waals surface area contributed by atoms with Gasteiger partial charge in [0.25, 0.3) is 5.24 Å². The standard InChI is InChI=1S/C22H22F2N4O4S/c1-2-25(22(31)33)12-17-13-28(21(30)32-17)16-7-8-19(18(24)11-16)27-10-9-26(20(27)29)15-5-3-14(23)4-6-15/h3-8,11,17H,2,9-10,12-13H2,1H3,(H,31,33)/t17-/m1/s1. The van der Waals surface area contributed by atoms with Crippen LogP contribution in [0.1, 0.15) is 6.92 Å². The van der Waals surface area contributed by atoms with Gasteiger partial charge in [0.1, 0.15) is 17.7 Å². The Hall–Kier alpha value is -3.34. The molecule has 11 heteroatoms. The number of cyclic esters (lactones) is 1. The van der Waals surface area contributed by atoms with E-state index < -0.39 is 35.1 Å². The highest BCUT2D eigenvalue weighted by atomic mass is 32.1. The molecular formula is C22H22F2N4O4S. The van der Waals surface area contributed by atoms with Gasteiger partial charge in [-0.2, -0.15) is 0 Å². The van der Waals surface area contributed by atoms with E-state index in [1.54, 1.807) is 6.92 Å². The topological polar surface area (TPSA) is 73.4 Å². The molecule has 4 amide bonds. The second-order valence-electron chi connectivity index (χ2n) is 7.64.